The number of Topliss-reactive ketones (excluding diaryl/α,β-unsaturated/α-hetero) is 1. The van der Waals surface area contributed by atoms with E-state index >= 15 is 0 Å². The second-order valence-corrected chi connectivity index (χ2v) is 3.43. The Labute approximate surface area is 89.9 Å². The van der Waals surface area contributed by atoms with Gasteiger partial charge < -0.3 is 10.1 Å². The molecule has 1 rings (SSSR count). The number of amides is 1. The molecule has 86 valence electrons. The van der Waals surface area contributed by atoms with Crippen LogP contribution in [0.2, 0.25) is 0 Å². The summed E-state index contributed by atoms with van der Waals surface area (Å²) in [6.07, 6.45) is -3.09. The molecule has 1 N–H and O–H groups in total. The lowest BCUT2D eigenvalue weighted by Crippen LogP contribution is -2.45. The van der Waals surface area contributed by atoms with Gasteiger partial charge in [0.05, 0.1) is 31.1 Å². The number of hydrogen-bond acceptors (Lipinski definition) is 3. The normalized spacial score (nSPS) is 25.6. The first-order valence-electron chi connectivity index (χ1n) is 4.31. The molecule has 0 aromatic rings. The van der Waals surface area contributed by atoms with E-state index in [9.17, 15) is 18.4 Å². The second-order valence-electron chi connectivity index (χ2n) is 3.16. The van der Waals surface area contributed by atoms with Gasteiger partial charge in [0.1, 0.15) is 0 Å². The van der Waals surface area contributed by atoms with Crippen LogP contribution < -0.4 is 5.32 Å². The van der Waals surface area contributed by atoms with Gasteiger partial charge in [-0.2, -0.15) is 8.78 Å². The van der Waals surface area contributed by atoms with Crippen molar-refractivity contribution < 1.29 is 23.1 Å². The minimum atomic E-state index is -3.09. The third kappa shape index (κ3) is 3.10. The van der Waals surface area contributed by atoms with Gasteiger partial charge in [0.25, 0.3) is 5.91 Å². The standard InChI is InChI=1S/C8H10ClF2NO3/c9-1-6(13)4-2-15-3-5(4)12-8(14)7(10)11/h4-5,7H,1-3H2,(H,12,14). The molecule has 0 aliphatic carbocycles. The summed E-state index contributed by atoms with van der Waals surface area (Å²) in [7, 11) is 0. The fourth-order valence-electron chi connectivity index (χ4n) is 1.36. The first-order valence-corrected chi connectivity index (χ1v) is 4.84. The van der Waals surface area contributed by atoms with Crippen molar-refractivity contribution in [1.82, 2.24) is 5.32 Å². The van der Waals surface area contributed by atoms with Crippen molar-refractivity contribution in [3.8, 4) is 0 Å². The number of hydrogen-bond donors (Lipinski definition) is 1. The maximum atomic E-state index is 11.9. The number of ether oxygens (including phenoxy) is 1. The average Bonchev–Trinajstić information content (AvgIpc) is 2.64. The summed E-state index contributed by atoms with van der Waals surface area (Å²) < 4.78 is 28.8. The summed E-state index contributed by atoms with van der Waals surface area (Å²) >= 11 is 5.33. The predicted octanol–water partition coefficient (Wildman–Crippen LogP) is 0.191. The summed E-state index contributed by atoms with van der Waals surface area (Å²) in [4.78, 5) is 21.9. The van der Waals surface area contributed by atoms with Gasteiger partial charge in [0.2, 0.25) is 0 Å². The Morgan fingerprint density at radius 1 is 1.47 bits per heavy atom. The number of carbonyl (C=O) groups excluding carboxylic acids is 2. The molecule has 1 saturated heterocycles. The van der Waals surface area contributed by atoms with Crippen LogP contribution in [0.3, 0.4) is 0 Å². The molecule has 1 aliphatic heterocycles. The molecular weight excluding hydrogens is 232 g/mol. The number of rotatable bonds is 4. The largest absolute Gasteiger partial charge is 0.378 e. The maximum Gasteiger partial charge on any atom is 0.315 e. The molecule has 4 nitrogen and oxygen atoms in total. The highest BCUT2D eigenvalue weighted by Crippen LogP contribution is 2.16. The lowest BCUT2D eigenvalue weighted by molar-refractivity contribution is -0.133. The lowest BCUT2D eigenvalue weighted by Gasteiger charge is -2.16. The molecule has 7 heteroatoms. The van der Waals surface area contributed by atoms with Crippen molar-refractivity contribution in [1.29, 1.82) is 0 Å². The monoisotopic (exact) mass is 241 g/mol. The van der Waals surface area contributed by atoms with Crippen molar-refractivity contribution in [3.05, 3.63) is 0 Å². The van der Waals surface area contributed by atoms with E-state index in [1.165, 1.54) is 0 Å². The Kier molecular flexibility index (Phi) is 4.41. The van der Waals surface area contributed by atoms with Crippen molar-refractivity contribution in [2.75, 3.05) is 19.1 Å². The van der Waals surface area contributed by atoms with E-state index < -0.39 is 24.3 Å². The first-order chi connectivity index (χ1) is 7.06. The van der Waals surface area contributed by atoms with E-state index in [-0.39, 0.29) is 24.9 Å². The molecule has 0 bridgehead atoms. The molecule has 0 radical (unpaired) electrons. The Hall–Kier alpha value is -0.750. The van der Waals surface area contributed by atoms with E-state index in [0.29, 0.717) is 0 Å². The zero-order chi connectivity index (χ0) is 11.4. The highest BCUT2D eigenvalue weighted by Gasteiger charge is 2.35. The Bertz CT molecular complexity index is 262. The number of alkyl halides is 3. The van der Waals surface area contributed by atoms with Crippen LogP contribution in [-0.2, 0) is 14.3 Å². The number of ketones is 1. The van der Waals surface area contributed by atoms with Gasteiger partial charge in [-0.05, 0) is 0 Å². The Balaban J connectivity index is 2.53. The van der Waals surface area contributed by atoms with Crippen LogP contribution in [-0.4, -0.2) is 43.3 Å². The molecule has 1 amide bonds. The van der Waals surface area contributed by atoms with Crippen LogP contribution in [0, 0.1) is 5.92 Å². The molecule has 2 unspecified atom stereocenters. The highest BCUT2D eigenvalue weighted by molar-refractivity contribution is 6.28. The SMILES string of the molecule is O=C(NC1COCC1C(=O)CCl)C(F)F. The van der Waals surface area contributed by atoms with Crippen molar-refractivity contribution in [2.45, 2.75) is 12.5 Å². The smallest absolute Gasteiger partial charge is 0.315 e. The number of nitrogens with one attached hydrogen (secondary N) is 1. The van der Waals surface area contributed by atoms with Gasteiger partial charge in [-0.1, -0.05) is 0 Å². The zero-order valence-electron chi connectivity index (χ0n) is 7.71. The molecule has 1 fully saturated rings. The third-order valence-corrected chi connectivity index (χ3v) is 2.42. The summed E-state index contributed by atoms with van der Waals surface area (Å²) in [5.41, 5.74) is 0. The van der Waals surface area contributed by atoms with Crippen LogP contribution in [0.15, 0.2) is 0 Å². The van der Waals surface area contributed by atoms with Crippen LogP contribution >= 0.6 is 11.6 Å². The topological polar surface area (TPSA) is 55.4 Å². The minimum absolute atomic E-state index is 0.0613. The highest BCUT2D eigenvalue weighted by atomic mass is 35.5. The van der Waals surface area contributed by atoms with Crippen LogP contribution in [0.4, 0.5) is 8.78 Å². The fraction of sp³-hybridized carbons (Fsp3) is 0.750. The Morgan fingerprint density at radius 3 is 2.67 bits per heavy atom. The van der Waals surface area contributed by atoms with Crippen LogP contribution in [0.1, 0.15) is 0 Å². The number of halogens is 3. The summed E-state index contributed by atoms with van der Waals surface area (Å²) in [5.74, 6) is -2.54. The number of carbonyl (C=O) groups is 2. The molecule has 0 saturated carbocycles. The summed E-state index contributed by atoms with van der Waals surface area (Å²) in [5, 5.41) is 2.05. The van der Waals surface area contributed by atoms with Crippen molar-refractivity contribution in [3.63, 3.8) is 0 Å². The first kappa shape index (κ1) is 12.3. The van der Waals surface area contributed by atoms with E-state index in [1.807, 2.05) is 0 Å². The predicted molar refractivity (Wildman–Crippen MR) is 48.0 cm³/mol. The fourth-order valence-corrected chi connectivity index (χ4v) is 1.56. The van der Waals surface area contributed by atoms with E-state index in [0.717, 1.165) is 0 Å². The molecule has 15 heavy (non-hydrogen) atoms. The molecule has 1 heterocycles. The minimum Gasteiger partial charge on any atom is -0.378 e. The summed E-state index contributed by atoms with van der Waals surface area (Å²) in [6, 6.07) is -0.697. The molecule has 0 aromatic heterocycles. The van der Waals surface area contributed by atoms with Gasteiger partial charge in [0.15, 0.2) is 5.78 Å². The molecule has 0 spiro atoms. The molecule has 2 atom stereocenters. The van der Waals surface area contributed by atoms with E-state index in [4.69, 9.17) is 16.3 Å². The van der Waals surface area contributed by atoms with Gasteiger partial charge in [0, 0.05) is 0 Å². The van der Waals surface area contributed by atoms with Gasteiger partial charge in [-0.25, -0.2) is 0 Å². The van der Waals surface area contributed by atoms with Gasteiger partial charge in [-0.3, -0.25) is 9.59 Å². The summed E-state index contributed by atoms with van der Waals surface area (Å²) in [6.45, 7) is 0.172. The molecule has 1 aliphatic rings. The van der Waals surface area contributed by atoms with Gasteiger partial charge >= 0.3 is 6.43 Å². The second kappa shape index (κ2) is 5.37. The van der Waals surface area contributed by atoms with Gasteiger partial charge in [-0.15, -0.1) is 11.6 Å². The average molecular weight is 242 g/mol. The van der Waals surface area contributed by atoms with Crippen molar-refractivity contribution in [2.24, 2.45) is 5.92 Å². The Morgan fingerprint density at radius 2 is 2.13 bits per heavy atom. The third-order valence-electron chi connectivity index (χ3n) is 2.15. The molecule has 0 aromatic carbocycles. The van der Waals surface area contributed by atoms with E-state index in [1.54, 1.807) is 0 Å². The quantitative estimate of drug-likeness (QED) is 0.715. The van der Waals surface area contributed by atoms with Crippen molar-refractivity contribution >= 4 is 23.3 Å². The van der Waals surface area contributed by atoms with Crippen LogP contribution in [0.5, 0.6) is 0 Å². The van der Waals surface area contributed by atoms with Crippen LogP contribution in [0.25, 0.3) is 0 Å². The molecular formula is C8H10ClF2NO3. The van der Waals surface area contributed by atoms with E-state index in [2.05, 4.69) is 5.32 Å². The zero-order valence-corrected chi connectivity index (χ0v) is 8.47. The lowest BCUT2D eigenvalue weighted by atomic mass is 9.99. The maximum absolute atomic E-state index is 11.9.